The van der Waals surface area contributed by atoms with Crippen LogP contribution in [0.1, 0.15) is 28.4 Å². The first-order valence-corrected chi connectivity index (χ1v) is 8.36. The fourth-order valence-electron chi connectivity index (χ4n) is 3.05. The average Bonchev–Trinajstić information content (AvgIpc) is 3.20. The Hall–Kier alpha value is -3.78. The number of rotatable bonds is 4. The summed E-state index contributed by atoms with van der Waals surface area (Å²) >= 11 is 0. The van der Waals surface area contributed by atoms with E-state index in [4.69, 9.17) is 9.68 Å². The zero-order valence-corrected chi connectivity index (χ0v) is 14.2. The van der Waals surface area contributed by atoms with Crippen molar-refractivity contribution in [2.24, 2.45) is 0 Å². The number of nitriles is 1. The average molecular weight is 355 g/mol. The van der Waals surface area contributed by atoms with Crippen LogP contribution in [0.2, 0.25) is 0 Å². The second-order valence-corrected chi connectivity index (χ2v) is 6.02. The van der Waals surface area contributed by atoms with Gasteiger partial charge in [0.05, 0.1) is 17.6 Å². The van der Waals surface area contributed by atoms with Gasteiger partial charge in [-0.1, -0.05) is 36.4 Å². The van der Waals surface area contributed by atoms with E-state index in [2.05, 4.69) is 9.97 Å². The quantitative estimate of drug-likeness (QED) is 0.521. The Morgan fingerprint density at radius 3 is 2.44 bits per heavy atom. The second kappa shape index (κ2) is 7.22. The van der Waals surface area contributed by atoms with E-state index in [0.29, 0.717) is 22.6 Å². The van der Waals surface area contributed by atoms with Crippen LogP contribution in [0.5, 0.6) is 0 Å². The van der Waals surface area contributed by atoms with E-state index in [9.17, 15) is 4.39 Å². The van der Waals surface area contributed by atoms with Crippen LogP contribution < -0.4 is 0 Å². The number of nitrogens with zero attached hydrogens (tertiary/aromatic N) is 3. The van der Waals surface area contributed by atoms with Gasteiger partial charge in [0.2, 0.25) is 0 Å². The highest BCUT2D eigenvalue weighted by atomic mass is 19.1. The molecular weight excluding hydrogens is 341 g/mol. The highest BCUT2D eigenvalue weighted by Crippen LogP contribution is 2.36. The van der Waals surface area contributed by atoms with Gasteiger partial charge in [-0.15, -0.1) is 0 Å². The van der Waals surface area contributed by atoms with E-state index in [1.807, 2.05) is 48.5 Å². The van der Waals surface area contributed by atoms with Crippen molar-refractivity contribution in [1.29, 1.82) is 5.26 Å². The number of hydrogen-bond acceptors (Lipinski definition) is 4. The molecule has 2 aromatic carbocycles. The Morgan fingerprint density at radius 1 is 0.963 bits per heavy atom. The van der Waals surface area contributed by atoms with Crippen molar-refractivity contribution in [1.82, 2.24) is 9.97 Å². The molecular formula is C22H14FN3O. The van der Waals surface area contributed by atoms with Gasteiger partial charge < -0.3 is 4.42 Å². The highest BCUT2D eigenvalue weighted by Gasteiger charge is 2.24. The molecule has 0 aliphatic carbocycles. The number of halogens is 1. The van der Waals surface area contributed by atoms with Gasteiger partial charge in [-0.2, -0.15) is 5.26 Å². The summed E-state index contributed by atoms with van der Waals surface area (Å²) in [6, 6.07) is 19.8. The second-order valence-electron chi connectivity index (χ2n) is 6.02. The third-order valence-electron chi connectivity index (χ3n) is 4.32. The fraction of sp³-hybridized carbons (Fsp3) is 0.0455. The highest BCUT2D eigenvalue weighted by molar-refractivity contribution is 5.58. The van der Waals surface area contributed by atoms with Crippen LogP contribution in [0.25, 0.3) is 11.3 Å². The monoisotopic (exact) mass is 355 g/mol. The maximum atomic E-state index is 14.8. The Morgan fingerprint density at radius 2 is 1.74 bits per heavy atom. The first-order chi connectivity index (χ1) is 13.3. The van der Waals surface area contributed by atoms with Crippen molar-refractivity contribution in [3.8, 4) is 17.4 Å². The summed E-state index contributed by atoms with van der Waals surface area (Å²) in [5.41, 5.74) is 2.31. The van der Waals surface area contributed by atoms with E-state index in [1.54, 1.807) is 24.5 Å². The Bertz CT molecular complexity index is 1100. The van der Waals surface area contributed by atoms with Crippen LogP contribution in [0.15, 0.2) is 83.8 Å². The lowest BCUT2D eigenvalue weighted by Crippen LogP contribution is -2.06. The Kier molecular flexibility index (Phi) is 4.46. The van der Waals surface area contributed by atoms with Gasteiger partial charge in [0, 0.05) is 29.1 Å². The van der Waals surface area contributed by atoms with E-state index in [-0.39, 0.29) is 5.56 Å². The van der Waals surface area contributed by atoms with E-state index in [0.717, 1.165) is 5.56 Å². The summed E-state index contributed by atoms with van der Waals surface area (Å²) in [5.74, 6) is 0.283. The zero-order chi connectivity index (χ0) is 18.6. The topological polar surface area (TPSA) is 62.7 Å². The summed E-state index contributed by atoms with van der Waals surface area (Å²) in [7, 11) is 0. The normalized spacial score (nSPS) is 11.7. The third-order valence-corrected chi connectivity index (χ3v) is 4.32. The van der Waals surface area contributed by atoms with E-state index >= 15 is 0 Å². The molecule has 0 radical (unpaired) electrons. The van der Waals surface area contributed by atoms with Crippen molar-refractivity contribution in [2.75, 3.05) is 0 Å². The molecule has 0 aliphatic heterocycles. The predicted octanol–water partition coefficient (Wildman–Crippen LogP) is 4.93. The minimum atomic E-state index is -0.517. The molecule has 0 fully saturated rings. The van der Waals surface area contributed by atoms with Gasteiger partial charge in [0.15, 0.2) is 0 Å². The van der Waals surface area contributed by atoms with E-state index < -0.39 is 11.7 Å². The summed E-state index contributed by atoms with van der Waals surface area (Å²) in [6.07, 6.45) is 4.70. The molecule has 0 bridgehead atoms. The molecule has 1 unspecified atom stereocenters. The molecule has 0 saturated heterocycles. The molecule has 2 aromatic heterocycles. The summed E-state index contributed by atoms with van der Waals surface area (Å²) < 4.78 is 20.8. The summed E-state index contributed by atoms with van der Waals surface area (Å²) in [4.78, 5) is 8.11. The molecule has 27 heavy (non-hydrogen) atoms. The van der Waals surface area contributed by atoms with Crippen molar-refractivity contribution < 1.29 is 8.81 Å². The smallest absolute Gasteiger partial charge is 0.134 e. The standard InChI is InChI=1S/C22H14FN3O/c23-19-10-15(11-24)6-7-18(19)22(17-12-25-14-26-13-17)21-9-8-20(27-21)16-4-2-1-3-5-16/h1-10,12-14,22H. The number of benzene rings is 2. The number of aromatic nitrogens is 2. The molecule has 1 atom stereocenters. The van der Waals surface area contributed by atoms with Crippen molar-refractivity contribution in [3.63, 3.8) is 0 Å². The lowest BCUT2D eigenvalue weighted by Gasteiger charge is -2.16. The SMILES string of the molecule is N#Cc1ccc(C(c2cncnc2)c2ccc(-c3ccccc3)o2)c(F)c1. The fourth-order valence-corrected chi connectivity index (χ4v) is 3.05. The maximum absolute atomic E-state index is 14.8. The molecule has 4 nitrogen and oxygen atoms in total. The lowest BCUT2D eigenvalue weighted by atomic mass is 9.90. The molecule has 4 aromatic rings. The molecule has 130 valence electrons. The lowest BCUT2D eigenvalue weighted by molar-refractivity contribution is 0.505. The van der Waals surface area contributed by atoms with Gasteiger partial charge in [0.25, 0.3) is 0 Å². The van der Waals surface area contributed by atoms with Gasteiger partial charge in [-0.25, -0.2) is 14.4 Å². The Balaban J connectivity index is 1.83. The first-order valence-electron chi connectivity index (χ1n) is 8.36. The molecule has 0 spiro atoms. The third kappa shape index (κ3) is 3.33. The first kappa shape index (κ1) is 16.7. The molecule has 0 amide bonds. The minimum Gasteiger partial charge on any atom is -0.460 e. The van der Waals surface area contributed by atoms with Crippen LogP contribution in [0.4, 0.5) is 4.39 Å². The van der Waals surface area contributed by atoms with Gasteiger partial charge >= 0.3 is 0 Å². The maximum Gasteiger partial charge on any atom is 0.134 e. The molecule has 0 saturated carbocycles. The van der Waals surface area contributed by atoms with Gasteiger partial charge in [-0.3, -0.25) is 0 Å². The zero-order valence-electron chi connectivity index (χ0n) is 14.2. The summed E-state index contributed by atoms with van der Waals surface area (Å²) in [5, 5.41) is 9.00. The largest absolute Gasteiger partial charge is 0.460 e. The van der Waals surface area contributed by atoms with Crippen LogP contribution >= 0.6 is 0 Å². The van der Waals surface area contributed by atoms with E-state index in [1.165, 1.54) is 12.4 Å². The van der Waals surface area contributed by atoms with Crippen molar-refractivity contribution in [2.45, 2.75) is 5.92 Å². The number of furan rings is 1. The van der Waals surface area contributed by atoms with Crippen molar-refractivity contribution >= 4 is 0 Å². The van der Waals surface area contributed by atoms with Gasteiger partial charge in [0.1, 0.15) is 23.7 Å². The van der Waals surface area contributed by atoms with Crippen LogP contribution in [0.3, 0.4) is 0 Å². The van der Waals surface area contributed by atoms with Crippen LogP contribution in [0, 0.1) is 17.1 Å². The summed E-state index contributed by atoms with van der Waals surface area (Å²) in [6.45, 7) is 0. The molecule has 4 rings (SSSR count). The number of hydrogen-bond donors (Lipinski definition) is 0. The Labute approximate surface area is 155 Å². The molecule has 0 N–H and O–H groups in total. The molecule has 5 heteroatoms. The van der Waals surface area contributed by atoms with Crippen LogP contribution in [-0.2, 0) is 0 Å². The minimum absolute atomic E-state index is 0.267. The molecule has 0 aliphatic rings. The predicted molar refractivity (Wildman–Crippen MR) is 98.2 cm³/mol. The molecule has 2 heterocycles. The van der Waals surface area contributed by atoms with Gasteiger partial charge in [-0.05, 0) is 24.3 Å². The van der Waals surface area contributed by atoms with Crippen molar-refractivity contribution in [3.05, 3.63) is 108 Å². The van der Waals surface area contributed by atoms with Crippen LogP contribution in [-0.4, -0.2) is 9.97 Å².